The molecule has 0 spiro atoms. The summed E-state index contributed by atoms with van der Waals surface area (Å²) in [4.78, 5) is 0. The Labute approximate surface area is 59.5 Å². The Balaban J connectivity index is 2.96. The predicted octanol–water partition coefficient (Wildman–Crippen LogP) is 0.736. The van der Waals surface area contributed by atoms with E-state index in [0.717, 1.165) is 10.4 Å². The molecule has 1 aliphatic rings. The Kier molecular flexibility index (Phi) is 1.25. The van der Waals surface area contributed by atoms with Crippen LogP contribution in [0.25, 0.3) is 11.6 Å². The maximum Gasteiger partial charge on any atom is 0.119 e. The van der Waals surface area contributed by atoms with E-state index >= 15 is 0 Å². The molecule has 1 nitrogen and oxygen atoms in total. The normalized spacial score (nSPS) is 15.6. The van der Waals surface area contributed by atoms with Crippen molar-refractivity contribution in [3.05, 3.63) is 34.7 Å². The van der Waals surface area contributed by atoms with E-state index in [2.05, 4.69) is 0 Å². The highest BCUT2D eigenvalue weighted by Gasteiger charge is 1.96. The van der Waals surface area contributed by atoms with Gasteiger partial charge in [-0.15, -0.1) is 0 Å². The van der Waals surface area contributed by atoms with E-state index in [0.29, 0.717) is 0 Å². The second kappa shape index (κ2) is 2.10. The van der Waals surface area contributed by atoms with Gasteiger partial charge in [-0.1, -0.05) is 24.3 Å². The quantitative estimate of drug-likeness (QED) is 0.498. The molecule has 0 fully saturated rings. The highest BCUT2D eigenvalue weighted by atomic mass is 31.1. The van der Waals surface area contributed by atoms with E-state index < -0.39 is 7.80 Å². The smallest absolute Gasteiger partial charge is 0.119 e. The van der Waals surface area contributed by atoms with Crippen LogP contribution in [0.2, 0.25) is 0 Å². The van der Waals surface area contributed by atoms with Crippen LogP contribution in [0.3, 0.4) is 0 Å². The van der Waals surface area contributed by atoms with Gasteiger partial charge in [0.05, 0.1) is 0 Å². The second-order valence-electron chi connectivity index (χ2n) is 2.32. The molecule has 10 heavy (non-hydrogen) atoms. The molecular formula is C8H7OP. The summed E-state index contributed by atoms with van der Waals surface area (Å²) < 4.78 is 11.0. The fourth-order valence-electron chi connectivity index (χ4n) is 1.12. The van der Waals surface area contributed by atoms with Crippen LogP contribution >= 0.6 is 7.80 Å². The average Bonchev–Trinajstić information content (AvgIpc) is 2.27. The van der Waals surface area contributed by atoms with E-state index in [1.54, 1.807) is 0 Å². The Hall–Kier alpha value is -0.810. The molecule has 1 aromatic carbocycles. The SMILES string of the molecule is O=[PH]1C=c2ccccc2=C1. The number of rotatable bonds is 0. The summed E-state index contributed by atoms with van der Waals surface area (Å²) in [6.07, 6.45) is 0. The van der Waals surface area contributed by atoms with Crippen molar-refractivity contribution in [2.75, 3.05) is 0 Å². The van der Waals surface area contributed by atoms with Crippen molar-refractivity contribution in [1.29, 1.82) is 0 Å². The standard InChI is InChI=1S/C8H7OP/c9-10-5-7-3-1-2-4-8(7)6-10/h1-6,10H. The first-order chi connectivity index (χ1) is 4.86. The monoisotopic (exact) mass is 150 g/mol. The molecule has 50 valence electrons. The molecule has 2 heteroatoms. The number of hydrogen-bond donors (Lipinski definition) is 0. The van der Waals surface area contributed by atoms with Crippen LogP contribution in [0.4, 0.5) is 0 Å². The number of fused-ring (bicyclic) bond motifs is 1. The van der Waals surface area contributed by atoms with Crippen LogP contribution < -0.4 is 10.4 Å². The zero-order chi connectivity index (χ0) is 6.97. The molecule has 0 aliphatic carbocycles. The van der Waals surface area contributed by atoms with Crippen LogP contribution in [-0.2, 0) is 4.57 Å². The van der Waals surface area contributed by atoms with Gasteiger partial charge in [0, 0.05) is 0 Å². The summed E-state index contributed by atoms with van der Waals surface area (Å²) in [5.74, 6) is 3.67. The first-order valence-corrected chi connectivity index (χ1v) is 4.75. The van der Waals surface area contributed by atoms with Crippen LogP contribution in [0.1, 0.15) is 0 Å². The summed E-state index contributed by atoms with van der Waals surface area (Å²) in [6, 6.07) is 7.90. The zero-order valence-electron chi connectivity index (χ0n) is 5.37. The van der Waals surface area contributed by atoms with Crippen molar-refractivity contribution in [3.63, 3.8) is 0 Å². The van der Waals surface area contributed by atoms with Gasteiger partial charge >= 0.3 is 0 Å². The van der Waals surface area contributed by atoms with Gasteiger partial charge in [-0.3, -0.25) is 0 Å². The molecule has 0 saturated carbocycles. The third-order valence-corrected chi connectivity index (χ3v) is 2.78. The third-order valence-electron chi connectivity index (χ3n) is 1.59. The molecule has 1 aromatic rings. The maximum absolute atomic E-state index is 11.0. The first-order valence-electron chi connectivity index (χ1n) is 3.19. The average molecular weight is 150 g/mol. The molecule has 0 bridgehead atoms. The lowest BCUT2D eigenvalue weighted by atomic mass is 10.3. The molecule has 0 aromatic heterocycles. The molecule has 1 aliphatic heterocycles. The second-order valence-corrected chi connectivity index (χ2v) is 3.70. The Bertz CT molecular complexity index is 355. The fourth-order valence-corrected chi connectivity index (χ4v) is 2.34. The lowest BCUT2D eigenvalue weighted by Gasteiger charge is -1.78. The largest absolute Gasteiger partial charge is 0.318 e. The molecule has 0 atom stereocenters. The summed E-state index contributed by atoms with van der Waals surface area (Å²) in [5.41, 5.74) is 0. The molecule has 2 rings (SSSR count). The van der Waals surface area contributed by atoms with Gasteiger partial charge in [-0.2, -0.15) is 0 Å². The van der Waals surface area contributed by atoms with E-state index in [4.69, 9.17) is 0 Å². The molecule has 0 radical (unpaired) electrons. The topological polar surface area (TPSA) is 17.1 Å². The molecule has 0 unspecified atom stereocenters. The van der Waals surface area contributed by atoms with Crippen LogP contribution in [0, 0.1) is 0 Å². The molecule has 0 saturated heterocycles. The summed E-state index contributed by atoms with van der Waals surface area (Å²) >= 11 is 0. The number of benzene rings is 1. The van der Waals surface area contributed by atoms with Crippen molar-refractivity contribution >= 4 is 19.4 Å². The van der Waals surface area contributed by atoms with Gasteiger partial charge < -0.3 is 4.57 Å². The lowest BCUT2D eigenvalue weighted by molar-refractivity contribution is 0.600. The van der Waals surface area contributed by atoms with E-state index in [1.165, 1.54) is 0 Å². The number of hydrogen-bond acceptors (Lipinski definition) is 1. The van der Waals surface area contributed by atoms with Gasteiger partial charge in [0.15, 0.2) is 0 Å². The fraction of sp³-hybridized carbons (Fsp3) is 0. The van der Waals surface area contributed by atoms with E-state index in [-0.39, 0.29) is 0 Å². The minimum Gasteiger partial charge on any atom is -0.318 e. The zero-order valence-corrected chi connectivity index (χ0v) is 6.37. The van der Waals surface area contributed by atoms with Crippen LogP contribution in [0.5, 0.6) is 0 Å². The Morgan fingerprint density at radius 3 is 2.00 bits per heavy atom. The van der Waals surface area contributed by atoms with E-state index in [9.17, 15) is 4.57 Å². The Morgan fingerprint density at radius 2 is 1.50 bits per heavy atom. The minimum absolute atomic E-state index is 1.12. The van der Waals surface area contributed by atoms with Gasteiger partial charge in [-0.05, 0) is 22.1 Å². The minimum atomic E-state index is -1.51. The highest BCUT2D eigenvalue weighted by Crippen LogP contribution is 2.25. The van der Waals surface area contributed by atoms with Gasteiger partial charge in [0.1, 0.15) is 7.80 Å². The lowest BCUT2D eigenvalue weighted by Crippen LogP contribution is -2.19. The first kappa shape index (κ1) is 5.94. The maximum atomic E-state index is 11.0. The molecular weight excluding hydrogens is 143 g/mol. The third kappa shape index (κ3) is 0.833. The van der Waals surface area contributed by atoms with Crippen molar-refractivity contribution in [2.45, 2.75) is 0 Å². The van der Waals surface area contributed by atoms with Crippen LogP contribution in [0.15, 0.2) is 24.3 Å². The predicted molar refractivity (Wildman–Crippen MR) is 43.6 cm³/mol. The van der Waals surface area contributed by atoms with Crippen molar-refractivity contribution in [1.82, 2.24) is 0 Å². The summed E-state index contributed by atoms with van der Waals surface area (Å²) in [5, 5.41) is 2.23. The van der Waals surface area contributed by atoms with Gasteiger partial charge in [0.2, 0.25) is 0 Å². The van der Waals surface area contributed by atoms with Crippen LogP contribution in [-0.4, -0.2) is 0 Å². The molecule has 0 N–H and O–H groups in total. The van der Waals surface area contributed by atoms with Crippen molar-refractivity contribution in [2.24, 2.45) is 0 Å². The van der Waals surface area contributed by atoms with E-state index in [1.807, 2.05) is 35.9 Å². The Morgan fingerprint density at radius 1 is 1.00 bits per heavy atom. The van der Waals surface area contributed by atoms with Crippen molar-refractivity contribution in [3.8, 4) is 0 Å². The summed E-state index contributed by atoms with van der Waals surface area (Å²) in [7, 11) is -1.51. The molecule has 1 heterocycles. The highest BCUT2D eigenvalue weighted by molar-refractivity contribution is 7.62. The van der Waals surface area contributed by atoms with Gasteiger partial charge in [-0.25, -0.2) is 0 Å². The molecule has 0 amide bonds. The van der Waals surface area contributed by atoms with Gasteiger partial charge in [0.25, 0.3) is 0 Å². The van der Waals surface area contributed by atoms with Crippen molar-refractivity contribution < 1.29 is 4.57 Å². The summed E-state index contributed by atoms with van der Waals surface area (Å²) in [6.45, 7) is 0.